The summed E-state index contributed by atoms with van der Waals surface area (Å²) in [5.41, 5.74) is 1.01. The third-order valence-electron chi connectivity index (χ3n) is 4.63. The predicted molar refractivity (Wildman–Crippen MR) is 100 cm³/mol. The minimum Gasteiger partial charge on any atom is -0.497 e. The molecule has 1 heterocycles. The van der Waals surface area contributed by atoms with Gasteiger partial charge >= 0.3 is 0 Å². The number of carbonyl (C=O) groups excluding carboxylic acids is 2. The third kappa shape index (κ3) is 4.05. The van der Waals surface area contributed by atoms with Crippen LogP contribution in [-0.4, -0.2) is 43.4 Å². The zero-order valence-corrected chi connectivity index (χ0v) is 15.5. The maximum Gasteiger partial charge on any atom is 0.290 e. The summed E-state index contributed by atoms with van der Waals surface area (Å²) in [6.07, 6.45) is 0.0737. The van der Waals surface area contributed by atoms with Crippen LogP contribution < -0.4 is 4.74 Å². The molecule has 3 rings (SSSR count). The number of fused-ring (bicyclic) bond motifs is 1. The molecule has 26 heavy (non-hydrogen) atoms. The fraction of sp³-hybridized carbons (Fsp3) is 0.429. The molecule has 0 aromatic heterocycles. The summed E-state index contributed by atoms with van der Waals surface area (Å²) in [6.45, 7) is 5.19. The van der Waals surface area contributed by atoms with Crippen molar-refractivity contribution in [3.05, 3.63) is 42.0 Å². The fourth-order valence-corrected chi connectivity index (χ4v) is 3.24. The summed E-state index contributed by atoms with van der Waals surface area (Å²) < 4.78 is 11.1. The smallest absolute Gasteiger partial charge is 0.290 e. The summed E-state index contributed by atoms with van der Waals surface area (Å²) in [7, 11) is 1.65. The molecule has 138 valence electrons. The number of nitrogens with zero attached hydrogens (tertiary/aromatic N) is 1. The number of carbonyl (C=O) groups is 2. The van der Waals surface area contributed by atoms with E-state index in [1.165, 1.54) is 0 Å². The van der Waals surface area contributed by atoms with E-state index in [1.807, 2.05) is 44.2 Å². The van der Waals surface area contributed by atoms with Gasteiger partial charge in [-0.3, -0.25) is 9.59 Å². The SMILES string of the molecule is COc1ccc2cc(C3CN(C(=O)C(=O)CC(C)C)CCO3)ccc2c1. The number of ether oxygens (including phenoxy) is 2. The molecule has 1 aliphatic rings. The van der Waals surface area contributed by atoms with Crippen LogP contribution >= 0.6 is 0 Å². The Balaban J connectivity index is 1.76. The largest absolute Gasteiger partial charge is 0.497 e. The van der Waals surface area contributed by atoms with Gasteiger partial charge in [-0.15, -0.1) is 0 Å². The van der Waals surface area contributed by atoms with Crippen molar-refractivity contribution in [3.8, 4) is 5.75 Å². The average molecular weight is 355 g/mol. The van der Waals surface area contributed by atoms with Gasteiger partial charge in [-0.1, -0.05) is 32.0 Å². The van der Waals surface area contributed by atoms with Crippen LogP contribution in [0.25, 0.3) is 10.8 Å². The van der Waals surface area contributed by atoms with Crippen LogP contribution in [0.4, 0.5) is 0 Å². The number of morpholine rings is 1. The van der Waals surface area contributed by atoms with Crippen molar-refractivity contribution in [3.63, 3.8) is 0 Å². The Morgan fingerprint density at radius 1 is 1.19 bits per heavy atom. The number of benzene rings is 2. The molecular weight excluding hydrogens is 330 g/mol. The van der Waals surface area contributed by atoms with Crippen LogP contribution in [-0.2, 0) is 14.3 Å². The Bertz CT molecular complexity index is 815. The Hall–Kier alpha value is -2.40. The second-order valence-electron chi connectivity index (χ2n) is 7.10. The minimum atomic E-state index is -0.391. The van der Waals surface area contributed by atoms with Gasteiger partial charge in [-0.05, 0) is 40.5 Å². The highest BCUT2D eigenvalue weighted by atomic mass is 16.5. The first-order valence-electron chi connectivity index (χ1n) is 8.99. The fourth-order valence-electron chi connectivity index (χ4n) is 3.24. The molecule has 2 aromatic carbocycles. The van der Waals surface area contributed by atoms with E-state index in [4.69, 9.17) is 9.47 Å². The predicted octanol–water partition coefficient (Wildman–Crippen LogP) is 3.36. The molecule has 0 N–H and O–H groups in total. The van der Waals surface area contributed by atoms with Crippen LogP contribution in [0.5, 0.6) is 5.75 Å². The van der Waals surface area contributed by atoms with Gasteiger partial charge in [0.25, 0.3) is 5.91 Å². The second kappa shape index (κ2) is 7.87. The van der Waals surface area contributed by atoms with E-state index >= 15 is 0 Å². The van der Waals surface area contributed by atoms with Gasteiger partial charge in [-0.2, -0.15) is 0 Å². The number of Topliss-reactive ketones (excluding diaryl/α,β-unsaturated/α-hetero) is 1. The molecule has 0 spiro atoms. The maximum atomic E-state index is 12.4. The number of rotatable bonds is 5. The van der Waals surface area contributed by atoms with Crippen molar-refractivity contribution < 1.29 is 19.1 Å². The topological polar surface area (TPSA) is 55.8 Å². The molecule has 1 unspecified atom stereocenters. The van der Waals surface area contributed by atoms with Crippen molar-refractivity contribution >= 4 is 22.5 Å². The summed E-state index contributed by atoms with van der Waals surface area (Å²) in [4.78, 5) is 26.1. The van der Waals surface area contributed by atoms with Gasteiger partial charge in [0.15, 0.2) is 0 Å². The summed E-state index contributed by atoms with van der Waals surface area (Å²) in [6, 6.07) is 12.0. The molecule has 5 nitrogen and oxygen atoms in total. The lowest BCUT2D eigenvalue weighted by molar-refractivity contribution is -0.150. The second-order valence-corrected chi connectivity index (χ2v) is 7.10. The Labute approximate surface area is 153 Å². The Morgan fingerprint density at radius 2 is 1.92 bits per heavy atom. The highest BCUT2D eigenvalue weighted by Gasteiger charge is 2.29. The molecule has 1 amide bonds. The zero-order chi connectivity index (χ0) is 18.7. The van der Waals surface area contributed by atoms with Crippen molar-refractivity contribution in [2.24, 2.45) is 5.92 Å². The van der Waals surface area contributed by atoms with Gasteiger partial charge in [0.1, 0.15) is 11.9 Å². The summed E-state index contributed by atoms with van der Waals surface area (Å²) >= 11 is 0. The molecule has 5 heteroatoms. The Kier molecular flexibility index (Phi) is 5.57. The van der Waals surface area contributed by atoms with Crippen LogP contribution in [0.3, 0.4) is 0 Å². The molecular formula is C21H25NO4. The average Bonchev–Trinajstić information content (AvgIpc) is 2.66. The number of methoxy groups -OCH3 is 1. The van der Waals surface area contributed by atoms with Crippen LogP contribution in [0.2, 0.25) is 0 Å². The van der Waals surface area contributed by atoms with E-state index in [9.17, 15) is 9.59 Å². The lowest BCUT2D eigenvalue weighted by atomic mass is 10.0. The molecule has 0 radical (unpaired) electrons. The molecule has 1 atom stereocenters. The van der Waals surface area contributed by atoms with Crippen molar-refractivity contribution in [1.82, 2.24) is 4.90 Å². The molecule has 0 saturated carbocycles. The van der Waals surface area contributed by atoms with Gasteiger partial charge in [0, 0.05) is 13.0 Å². The maximum absolute atomic E-state index is 12.4. The van der Waals surface area contributed by atoms with Gasteiger partial charge < -0.3 is 14.4 Å². The van der Waals surface area contributed by atoms with Crippen LogP contribution in [0.1, 0.15) is 31.9 Å². The van der Waals surface area contributed by atoms with E-state index in [-0.39, 0.29) is 17.8 Å². The van der Waals surface area contributed by atoms with Crippen molar-refractivity contribution in [1.29, 1.82) is 0 Å². The number of hydrogen-bond donors (Lipinski definition) is 0. The summed E-state index contributed by atoms with van der Waals surface area (Å²) in [5, 5.41) is 2.18. The van der Waals surface area contributed by atoms with Gasteiger partial charge in [-0.25, -0.2) is 0 Å². The number of ketones is 1. The lowest BCUT2D eigenvalue weighted by Crippen LogP contribution is -2.45. The first-order valence-corrected chi connectivity index (χ1v) is 8.99. The molecule has 0 bridgehead atoms. The lowest BCUT2D eigenvalue weighted by Gasteiger charge is -2.33. The van der Waals surface area contributed by atoms with Gasteiger partial charge in [0.2, 0.25) is 5.78 Å². The molecule has 1 aliphatic heterocycles. The normalized spacial score (nSPS) is 17.5. The number of amides is 1. The summed E-state index contributed by atoms with van der Waals surface area (Å²) in [5.74, 6) is 0.296. The standard InChI is InChI=1S/C21H25NO4/c1-14(2)10-19(23)21(24)22-8-9-26-20(13-22)17-5-4-16-12-18(25-3)7-6-15(16)11-17/h4-7,11-12,14,20H,8-10,13H2,1-3H3. The highest BCUT2D eigenvalue weighted by molar-refractivity contribution is 6.36. The number of hydrogen-bond acceptors (Lipinski definition) is 4. The zero-order valence-electron chi connectivity index (χ0n) is 15.5. The molecule has 2 aromatic rings. The van der Waals surface area contributed by atoms with Crippen molar-refractivity contribution in [2.45, 2.75) is 26.4 Å². The van der Waals surface area contributed by atoms with Gasteiger partial charge in [0.05, 0.1) is 20.3 Å². The quantitative estimate of drug-likeness (QED) is 0.772. The van der Waals surface area contributed by atoms with Crippen molar-refractivity contribution in [2.75, 3.05) is 26.8 Å². The van der Waals surface area contributed by atoms with E-state index in [0.717, 1.165) is 22.1 Å². The van der Waals surface area contributed by atoms with E-state index < -0.39 is 5.91 Å². The minimum absolute atomic E-state index is 0.181. The van der Waals surface area contributed by atoms with E-state index in [2.05, 4.69) is 6.07 Å². The molecule has 0 aliphatic carbocycles. The molecule has 1 saturated heterocycles. The first kappa shape index (κ1) is 18.4. The van der Waals surface area contributed by atoms with Crippen LogP contribution in [0.15, 0.2) is 36.4 Å². The van der Waals surface area contributed by atoms with Crippen LogP contribution in [0, 0.1) is 5.92 Å². The Morgan fingerprint density at radius 3 is 2.65 bits per heavy atom. The monoisotopic (exact) mass is 355 g/mol. The first-order chi connectivity index (χ1) is 12.5. The highest BCUT2D eigenvalue weighted by Crippen LogP contribution is 2.28. The van der Waals surface area contributed by atoms with E-state index in [1.54, 1.807) is 12.0 Å². The third-order valence-corrected chi connectivity index (χ3v) is 4.63. The van der Waals surface area contributed by atoms with E-state index in [0.29, 0.717) is 26.1 Å². The molecule has 1 fully saturated rings.